The molecule has 7 aromatic rings. The van der Waals surface area contributed by atoms with E-state index in [0.29, 0.717) is 27.6 Å². The van der Waals surface area contributed by atoms with Crippen molar-refractivity contribution < 1.29 is 8.83 Å². The maximum absolute atomic E-state index is 9.55. The van der Waals surface area contributed by atoms with Crippen molar-refractivity contribution in [2.45, 2.75) is 13.8 Å². The maximum Gasteiger partial charge on any atom is 0.322 e. The smallest absolute Gasteiger partial charge is 0.322 e. The summed E-state index contributed by atoms with van der Waals surface area (Å²) in [6.07, 6.45) is 0. The first kappa shape index (κ1) is 26.2. The van der Waals surface area contributed by atoms with Gasteiger partial charge in [0.15, 0.2) is 11.2 Å². The third-order valence-corrected chi connectivity index (χ3v) is 7.64. The highest BCUT2D eigenvalue weighted by Crippen LogP contribution is 2.39. The Hall–Kier alpha value is -6.74. The summed E-state index contributed by atoms with van der Waals surface area (Å²) in [6.45, 7) is 18.9. The molecule has 0 aliphatic carbocycles. The van der Waals surface area contributed by atoms with E-state index in [-0.39, 0.29) is 22.5 Å². The lowest BCUT2D eigenvalue weighted by Crippen LogP contribution is -2.02. The first-order valence-corrected chi connectivity index (χ1v) is 13.5. The summed E-state index contributed by atoms with van der Waals surface area (Å²) >= 11 is 0. The molecule has 8 nitrogen and oxygen atoms in total. The summed E-state index contributed by atoms with van der Waals surface area (Å²) in [6, 6.07) is 27.8. The minimum atomic E-state index is -0.242. The van der Waals surface area contributed by atoms with Crippen molar-refractivity contribution in [3.8, 4) is 34.4 Å². The van der Waals surface area contributed by atoms with E-state index >= 15 is 0 Å². The summed E-state index contributed by atoms with van der Waals surface area (Å²) in [7, 11) is 0. The molecule has 0 N–H and O–H groups in total. The fourth-order valence-electron chi connectivity index (χ4n) is 5.43. The van der Waals surface area contributed by atoms with E-state index in [1.54, 1.807) is 0 Å². The van der Waals surface area contributed by atoms with Crippen molar-refractivity contribution in [3.05, 3.63) is 118 Å². The van der Waals surface area contributed by atoms with Gasteiger partial charge in [0.25, 0.3) is 0 Å². The lowest BCUT2D eigenvalue weighted by atomic mass is 9.94. The quantitative estimate of drug-likeness (QED) is 0.160. The molecule has 0 aliphatic heterocycles. The van der Waals surface area contributed by atoms with Gasteiger partial charge in [-0.05, 0) is 60.0 Å². The number of nitriles is 2. The Balaban J connectivity index is 1.66. The summed E-state index contributed by atoms with van der Waals surface area (Å²) < 4.78 is 12.2. The largest absolute Gasteiger partial charge is 0.445 e. The van der Waals surface area contributed by atoms with Crippen LogP contribution in [-0.2, 0) is 0 Å². The van der Waals surface area contributed by atoms with E-state index in [9.17, 15) is 10.5 Å². The van der Waals surface area contributed by atoms with Crippen LogP contribution < -0.4 is 11.1 Å². The predicted molar refractivity (Wildman–Crippen MR) is 167 cm³/mol. The number of nitrogens with zero attached hydrogens (tertiary/aromatic N) is 6. The molecule has 0 atom stereocenters. The molecule has 0 fully saturated rings. The fraction of sp³-hybridized carbons (Fsp3) is 0.0556. The average molecular weight is 567 g/mol. The lowest BCUT2D eigenvalue weighted by molar-refractivity contribution is 0.560. The summed E-state index contributed by atoms with van der Waals surface area (Å²) in [5.41, 5.74) is 6.93. The molecule has 0 bridgehead atoms. The van der Waals surface area contributed by atoms with Crippen LogP contribution >= 0.6 is 0 Å². The van der Waals surface area contributed by atoms with Crippen LogP contribution in [0.5, 0.6) is 0 Å². The van der Waals surface area contributed by atoms with E-state index in [4.69, 9.17) is 22.0 Å². The molecular formula is C36H18N6O2. The van der Waals surface area contributed by atoms with Crippen LogP contribution in [0, 0.1) is 49.7 Å². The van der Waals surface area contributed by atoms with Crippen molar-refractivity contribution >= 4 is 55.1 Å². The molecule has 0 radical (unpaired) electrons. The van der Waals surface area contributed by atoms with Gasteiger partial charge in [-0.2, -0.15) is 0 Å². The zero-order valence-electron chi connectivity index (χ0n) is 23.4. The number of aromatic nitrogens is 2. The van der Waals surface area contributed by atoms with Crippen molar-refractivity contribution in [2.24, 2.45) is 0 Å². The van der Waals surface area contributed by atoms with E-state index in [2.05, 4.69) is 19.7 Å². The number of rotatable bonds is 2. The number of hydrogen-bond donors (Lipinski definition) is 0. The highest BCUT2D eigenvalue weighted by Gasteiger charge is 2.20. The molecule has 44 heavy (non-hydrogen) atoms. The average Bonchev–Trinajstić information content (AvgIpc) is 3.68. The summed E-state index contributed by atoms with van der Waals surface area (Å²) in [5.74, 6) is 0. The SMILES string of the molecule is [C-]#[N+]/C(C#N)=c1/nc2c(o1)c(-c1ccc(C)cc1)cc1cc3cc(-c4ccc(C)cc4)c4n/c(=C(\C#N)[N+]#[C-])oc4c3cc12. The summed E-state index contributed by atoms with van der Waals surface area (Å²) in [5, 5.41) is 22.2. The second-order valence-corrected chi connectivity index (χ2v) is 10.4. The van der Waals surface area contributed by atoms with Gasteiger partial charge in [-0.25, -0.2) is 30.2 Å². The van der Waals surface area contributed by atoms with E-state index < -0.39 is 0 Å². The van der Waals surface area contributed by atoms with Gasteiger partial charge in [-0.1, -0.05) is 59.7 Å². The Labute approximate surface area is 250 Å². The van der Waals surface area contributed by atoms with Crippen molar-refractivity contribution in [1.82, 2.24) is 9.97 Å². The Kier molecular flexibility index (Phi) is 5.93. The lowest BCUT2D eigenvalue weighted by Gasteiger charge is -2.10. The molecule has 0 saturated carbocycles. The molecule has 5 aromatic carbocycles. The molecular weight excluding hydrogens is 548 g/mol. The van der Waals surface area contributed by atoms with Gasteiger partial charge in [-0.15, -0.1) is 0 Å². The topological polar surface area (TPSA) is 108 Å². The summed E-state index contributed by atoms with van der Waals surface area (Å²) in [4.78, 5) is 15.9. The molecule has 2 aromatic heterocycles. The number of benzene rings is 5. The van der Waals surface area contributed by atoms with Crippen LogP contribution in [0.2, 0.25) is 0 Å². The maximum atomic E-state index is 9.55. The minimum Gasteiger partial charge on any atom is -0.445 e. The highest BCUT2D eigenvalue weighted by atomic mass is 16.3. The van der Waals surface area contributed by atoms with E-state index in [1.165, 1.54) is 0 Å². The van der Waals surface area contributed by atoms with Gasteiger partial charge in [-0.3, -0.25) is 0 Å². The zero-order valence-corrected chi connectivity index (χ0v) is 23.4. The van der Waals surface area contributed by atoms with Crippen molar-refractivity contribution in [3.63, 3.8) is 0 Å². The third kappa shape index (κ3) is 4.04. The molecule has 2 heterocycles. The standard InChI is InChI=1S/C36H18N6O2/c1-19-5-9-21(10-6-19)25-14-24-13-23-15-27(22-11-7-20(2)8-12-22)33-32(42-36(43-33)30(18-38)40-4)26(23)16-28(24)34-31(25)41-35(44-34)29(17-37)39-3/h5-16H,1-2H3/b35-29-,36-30-. The fourth-order valence-corrected chi connectivity index (χ4v) is 5.43. The van der Waals surface area contributed by atoms with E-state index in [0.717, 1.165) is 49.5 Å². The first-order valence-electron chi connectivity index (χ1n) is 13.5. The van der Waals surface area contributed by atoms with Gasteiger partial charge in [0, 0.05) is 21.9 Å². The van der Waals surface area contributed by atoms with Gasteiger partial charge in [0.2, 0.25) is 11.1 Å². The van der Waals surface area contributed by atoms with Crippen LogP contribution in [0.25, 0.3) is 87.1 Å². The highest BCUT2D eigenvalue weighted by molar-refractivity contribution is 6.19. The Morgan fingerprint density at radius 1 is 0.636 bits per heavy atom. The zero-order chi connectivity index (χ0) is 30.5. The first-order chi connectivity index (χ1) is 21.4. The molecule has 7 rings (SSSR count). The van der Waals surface area contributed by atoms with Gasteiger partial charge in [0.05, 0.1) is 25.3 Å². The molecule has 204 valence electrons. The molecule has 0 unspecified atom stereocenters. The Bertz CT molecular complexity index is 2440. The second kappa shape index (κ2) is 9.97. The van der Waals surface area contributed by atoms with Crippen molar-refractivity contribution in [2.75, 3.05) is 0 Å². The van der Waals surface area contributed by atoms with E-state index in [1.807, 2.05) is 98.8 Å². The normalized spacial score (nSPS) is 12.5. The van der Waals surface area contributed by atoms with Crippen LogP contribution in [-0.4, -0.2) is 9.97 Å². The van der Waals surface area contributed by atoms with Gasteiger partial charge >= 0.3 is 11.4 Å². The predicted octanol–water partition coefficient (Wildman–Crippen LogP) is 7.33. The van der Waals surface area contributed by atoms with Gasteiger partial charge < -0.3 is 8.83 Å². The molecule has 0 saturated heterocycles. The molecule has 8 heteroatoms. The number of oxazole rings is 2. The van der Waals surface area contributed by atoms with Gasteiger partial charge in [0.1, 0.15) is 11.0 Å². The van der Waals surface area contributed by atoms with Crippen LogP contribution in [0.15, 0.2) is 81.6 Å². The Morgan fingerprint density at radius 2 is 1.14 bits per heavy atom. The van der Waals surface area contributed by atoms with Crippen molar-refractivity contribution in [1.29, 1.82) is 10.5 Å². The molecule has 0 spiro atoms. The Morgan fingerprint density at radius 3 is 1.70 bits per heavy atom. The molecule has 0 aliphatic rings. The monoisotopic (exact) mass is 566 g/mol. The number of hydrogen-bond acceptors (Lipinski definition) is 6. The number of aryl methyl sites for hydroxylation is 2. The van der Waals surface area contributed by atoms with Crippen LogP contribution in [0.1, 0.15) is 11.1 Å². The minimum absolute atomic E-state index is 0.0487. The molecule has 0 amide bonds. The third-order valence-electron chi connectivity index (χ3n) is 7.64. The van der Waals surface area contributed by atoms with Crippen LogP contribution in [0.4, 0.5) is 0 Å². The van der Waals surface area contributed by atoms with Crippen LogP contribution in [0.3, 0.4) is 0 Å². The second-order valence-electron chi connectivity index (χ2n) is 10.4. The number of fused-ring (bicyclic) bond motifs is 6.